The molecular formula is C24H30N4O5. The van der Waals surface area contributed by atoms with Gasteiger partial charge in [0.15, 0.2) is 5.78 Å². The van der Waals surface area contributed by atoms with Crippen LogP contribution in [0.25, 0.3) is 11.6 Å². The molecule has 9 nitrogen and oxygen atoms in total. The summed E-state index contributed by atoms with van der Waals surface area (Å²) in [4.78, 5) is 28.2. The van der Waals surface area contributed by atoms with Gasteiger partial charge >= 0.3 is 6.09 Å². The van der Waals surface area contributed by atoms with Crippen LogP contribution in [0.3, 0.4) is 0 Å². The van der Waals surface area contributed by atoms with Crippen molar-refractivity contribution in [3.8, 4) is 17.3 Å². The Kier molecular flexibility index (Phi) is 7.20. The highest BCUT2D eigenvalue weighted by Gasteiger charge is 2.23. The fourth-order valence-corrected chi connectivity index (χ4v) is 3.31. The van der Waals surface area contributed by atoms with E-state index in [4.69, 9.17) is 13.9 Å². The molecule has 2 N–H and O–H groups in total. The molecule has 0 unspecified atom stereocenters. The minimum absolute atomic E-state index is 0.139. The Morgan fingerprint density at radius 3 is 2.61 bits per heavy atom. The van der Waals surface area contributed by atoms with Gasteiger partial charge in [0, 0.05) is 23.2 Å². The standard InChI is InChI=1S/C24H30N4O5/c1-7-18-27-28-22(32-18)20-14(2)19(15(3)26-20)21(29)16-9-8-10-17(13-16)31-12-11-25-23(30)33-24(4,5)6/h8-10,13,26H,7,11-12H2,1-6H3,(H,25,30). The molecule has 1 amide bonds. The number of aromatic amines is 1. The Hall–Kier alpha value is -3.62. The maximum Gasteiger partial charge on any atom is 0.407 e. The first-order chi connectivity index (χ1) is 15.6. The summed E-state index contributed by atoms with van der Waals surface area (Å²) in [6.45, 7) is 11.5. The van der Waals surface area contributed by atoms with E-state index in [-0.39, 0.29) is 18.9 Å². The lowest BCUT2D eigenvalue weighted by Crippen LogP contribution is -2.34. The third-order valence-electron chi connectivity index (χ3n) is 4.78. The molecular weight excluding hydrogens is 424 g/mol. The maximum atomic E-state index is 13.3. The van der Waals surface area contributed by atoms with Crippen molar-refractivity contribution in [1.29, 1.82) is 0 Å². The van der Waals surface area contributed by atoms with Gasteiger partial charge in [0.2, 0.25) is 5.89 Å². The minimum Gasteiger partial charge on any atom is -0.492 e. The summed E-state index contributed by atoms with van der Waals surface area (Å²) < 4.78 is 16.5. The molecule has 3 aromatic rings. The largest absolute Gasteiger partial charge is 0.492 e. The molecule has 0 aliphatic carbocycles. The third kappa shape index (κ3) is 6.00. The van der Waals surface area contributed by atoms with Gasteiger partial charge in [-0.05, 0) is 52.3 Å². The molecule has 1 aromatic carbocycles. The van der Waals surface area contributed by atoms with Crippen molar-refractivity contribution in [3.63, 3.8) is 0 Å². The van der Waals surface area contributed by atoms with E-state index in [1.165, 1.54) is 0 Å². The second kappa shape index (κ2) is 9.89. The number of hydrogen-bond donors (Lipinski definition) is 2. The SMILES string of the molecule is CCc1nnc(-c2[nH]c(C)c(C(=O)c3cccc(OCCNC(=O)OC(C)(C)C)c3)c2C)o1. The normalized spacial score (nSPS) is 11.3. The first-order valence-corrected chi connectivity index (χ1v) is 10.9. The van der Waals surface area contributed by atoms with Crippen molar-refractivity contribution >= 4 is 11.9 Å². The number of rotatable bonds is 8. The Labute approximate surface area is 192 Å². The van der Waals surface area contributed by atoms with Gasteiger partial charge in [-0.25, -0.2) is 4.79 Å². The van der Waals surface area contributed by atoms with Crippen LogP contribution in [-0.4, -0.2) is 45.8 Å². The van der Waals surface area contributed by atoms with Gasteiger partial charge in [0.1, 0.15) is 23.7 Å². The van der Waals surface area contributed by atoms with Gasteiger partial charge in [-0.3, -0.25) is 4.79 Å². The van der Waals surface area contributed by atoms with Crippen LogP contribution in [0.2, 0.25) is 0 Å². The lowest BCUT2D eigenvalue weighted by molar-refractivity contribution is 0.0520. The zero-order valence-electron chi connectivity index (χ0n) is 19.9. The molecule has 0 aliphatic rings. The summed E-state index contributed by atoms with van der Waals surface area (Å²) >= 11 is 0. The van der Waals surface area contributed by atoms with E-state index >= 15 is 0 Å². The van der Waals surface area contributed by atoms with Gasteiger partial charge in [-0.1, -0.05) is 19.1 Å². The number of hydrogen-bond acceptors (Lipinski definition) is 7. The van der Waals surface area contributed by atoms with Crippen LogP contribution >= 0.6 is 0 Å². The van der Waals surface area contributed by atoms with E-state index in [1.807, 2.05) is 20.8 Å². The molecule has 0 fully saturated rings. The summed E-state index contributed by atoms with van der Waals surface area (Å²) in [6, 6.07) is 6.94. The number of H-pyrrole nitrogens is 1. The number of nitrogens with zero attached hydrogens (tertiary/aromatic N) is 2. The first-order valence-electron chi connectivity index (χ1n) is 10.9. The zero-order chi connectivity index (χ0) is 24.2. The lowest BCUT2D eigenvalue weighted by Gasteiger charge is -2.19. The Morgan fingerprint density at radius 2 is 1.94 bits per heavy atom. The predicted octanol–water partition coefficient (Wildman–Crippen LogP) is 4.38. The van der Waals surface area contributed by atoms with Crippen LogP contribution in [0.4, 0.5) is 4.79 Å². The number of ether oxygens (including phenoxy) is 2. The lowest BCUT2D eigenvalue weighted by atomic mass is 9.99. The Balaban J connectivity index is 1.68. The third-order valence-corrected chi connectivity index (χ3v) is 4.78. The zero-order valence-corrected chi connectivity index (χ0v) is 19.9. The number of benzene rings is 1. The van der Waals surface area contributed by atoms with Crippen molar-refractivity contribution in [2.45, 2.75) is 53.6 Å². The van der Waals surface area contributed by atoms with Crippen molar-refractivity contribution in [1.82, 2.24) is 20.5 Å². The summed E-state index contributed by atoms with van der Waals surface area (Å²) in [5, 5.41) is 10.7. The van der Waals surface area contributed by atoms with Gasteiger partial charge in [0.05, 0.1) is 6.54 Å². The molecule has 0 atom stereocenters. The maximum absolute atomic E-state index is 13.3. The number of amides is 1. The van der Waals surface area contributed by atoms with Gasteiger partial charge in [-0.2, -0.15) is 0 Å². The molecule has 176 valence electrons. The van der Waals surface area contributed by atoms with Gasteiger partial charge in [0.25, 0.3) is 5.89 Å². The quantitative estimate of drug-likeness (QED) is 0.383. The predicted molar refractivity (Wildman–Crippen MR) is 123 cm³/mol. The van der Waals surface area contributed by atoms with Crippen LogP contribution in [0.5, 0.6) is 5.75 Å². The highest BCUT2D eigenvalue weighted by atomic mass is 16.6. The summed E-state index contributed by atoms with van der Waals surface area (Å²) in [6.07, 6.45) is 0.133. The van der Waals surface area contributed by atoms with Gasteiger partial charge < -0.3 is 24.2 Å². The molecule has 0 saturated heterocycles. The van der Waals surface area contributed by atoms with Crippen molar-refractivity contribution in [2.75, 3.05) is 13.2 Å². The van der Waals surface area contributed by atoms with Crippen molar-refractivity contribution < 1.29 is 23.5 Å². The second-order valence-electron chi connectivity index (χ2n) is 8.61. The van der Waals surface area contributed by atoms with Crippen LogP contribution in [0.15, 0.2) is 28.7 Å². The summed E-state index contributed by atoms with van der Waals surface area (Å²) in [5.74, 6) is 1.29. The molecule has 0 saturated carbocycles. The monoisotopic (exact) mass is 454 g/mol. The molecule has 0 aliphatic heterocycles. The van der Waals surface area contributed by atoms with Crippen LogP contribution < -0.4 is 10.1 Å². The number of carbonyl (C=O) groups is 2. The number of carbonyl (C=O) groups excluding carboxylic acids is 2. The van der Waals surface area contributed by atoms with E-state index in [0.29, 0.717) is 40.8 Å². The number of nitrogens with one attached hydrogen (secondary N) is 2. The van der Waals surface area contributed by atoms with E-state index in [0.717, 1.165) is 11.3 Å². The Bertz CT molecular complexity index is 1140. The minimum atomic E-state index is -0.560. The van der Waals surface area contributed by atoms with Crippen LogP contribution in [-0.2, 0) is 11.2 Å². The molecule has 3 rings (SSSR count). The molecule has 0 radical (unpaired) electrons. The molecule has 0 bridgehead atoms. The number of aromatic nitrogens is 3. The fourth-order valence-electron chi connectivity index (χ4n) is 3.31. The topological polar surface area (TPSA) is 119 Å². The smallest absolute Gasteiger partial charge is 0.407 e. The number of alkyl carbamates (subject to hydrolysis) is 1. The van der Waals surface area contributed by atoms with E-state index < -0.39 is 11.7 Å². The Morgan fingerprint density at radius 1 is 1.18 bits per heavy atom. The highest BCUT2D eigenvalue weighted by Crippen LogP contribution is 2.29. The molecule has 2 heterocycles. The van der Waals surface area contributed by atoms with Gasteiger partial charge in [-0.15, -0.1) is 10.2 Å². The first kappa shape index (κ1) is 24.0. The summed E-state index contributed by atoms with van der Waals surface area (Å²) in [5.41, 5.74) is 2.60. The van der Waals surface area contributed by atoms with E-state index in [9.17, 15) is 9.59 Å². The average molecular weight is 455 g/mol. The highest BCUT2D eigenvalue weighted by molar-refractivity contribution is 6.11. The summed E-state index contributed by atoms with van der Waals surface area (Å²) in [7, 11) is 0. The van der Waals surface area contributed by atoms with Crippen LogP contribution in [0.1, 0.15) is 60.8 Å². The molecule has 33 heavy (non-hydrogen) atoms. The van der Waals surface area contributed by atoms with Crippen molar-refractivity contribution in [2.24, 2.45) is 0 Å². The van der Waals surface area contributed by atoms with E-state index in [1.54, 1.807) is 45.0 Å². The van der Waals surface area contributed by atoms with Crippen LogP contribution in [0, 0.1) is 13.8 Å². The number of aryl methyl sites for hydroxylation is 2. The fraction of sp³-hybridized carbons (Fsp3) is 0.417. The molecule has 0 spiro atoms. The second-order valence-corrected chi connectivity index (χ2v) is 8.61. The average Bonchev–Trinajstić information content (AvgIpc) is 3.33. The molecule has 9 heteroatoms. The van der Waals surface area contributed by atoms with Crippen molar-refractivity contribution in [3.05, 3.63) is 52.5 Å². The van der Waals surface area contributed by atoms with E-state index in [2.05, 4.69) is 20.5 Å². The molecule has 2 aromatic heterocycles. The number of ketones is 1.